The molecule has 2 aliphatic rings. The van der Waals surface area contributed by atoms with Gasteiger partial charge >= 0.3 is 0 Å². The molecular weight excluding hydrogens is 336 g/mol. The van der Waals surface area contributed by atoms with Crippen LogP contribution in [-0.2, 0) is 4.79 Å². The molecule has 2 fully saturated rings. The number of thioether (sulfide) groups is 1. The van der Waals surface area contributed by atoms with Crippen molar-refractivity contribution in [2.45, 2.75) is 31.7 Å². The molecule has 122 valence electrons. The van der Waals surface area contributed by atoms with Gasteiger partial charge in [0, 0.05) is 10.9 Å². The van der Waals surface area contributed by atoms with Gasteiger partial charge in [-0.3, -0.25) is 9.69 Å². The molecule has 0 bridgehead atoms. The lowest BCUT2D eigenvalue weighted by Crippen LogP contribution is -2.37. The number of aliphatic imine (C=N–C) groups is 1. The Morgan fingerprint density at radius 2 is 1.88 bits per heavy atom. The van der Waals surface area contributed by atoms with Crippen molar-refractivity contribution in [3.63, 3.8) is 0 Å². The number of amidine groups is 1. The molecule has 0 spiro atoms. The number of nitrogens with zero attached hydrogens (tertiary/aromatic N) is 2. The highest BCUT2D eigenvalue weighted by Gasteiger charge is 2.39. The molecule has 2 heterocycles. The zero-order valence-electron chi connectivity index (χ0n) is 13.2. The second kappa shape index (κ2) is 6.95. The first kappa shape index (κ1) is 15.7. The zero-order valence-corrected chi connectivity index (χ0v) is 14.9. The largest absolute Gasteiger partial charge is 0.283 e. The molecule has 0 atom stereocenters. The van der Waals surface area contributed by atoms with Gasteiger partial charge < -0.3 is 0 Å². The van der Waals surface area contributed by atoms with Gasteiger partial charge in [-0.15, -0.1) is 11.3 Å². The van der Waals surface area contributed by atoms with Gasteiger partial charge in [-0.2, -0.15) is 0 Å². The summed E-state index contributed by atoms with van der Waals surface area (Å²) in [5, 5.41) is 2.85. The number of amides is 1. The van der Waals surface area contributed by atoms with E-state index in [-0.39, 0.29) is 5.91 Å². The van der Waals surface area contributed by atoms with E-state index in [1.54, 1.807) is 11.3 Å². The van der Waals surface area contributed by atoms with Crippen LogP contribution >= 0.6 is 23.1 Å². The Labute approximate surface area is 150 Å². The van der Waals surface area contributed by atoms with E-state index >= 15 is 0 Å². The number of carbonyl (C=O) groups is 1. The molecule has 1 saturated carbocycles. The third kappa shape index (κ3) is 3.19. The fourth-order valence-electron chi connectivity index (χ4n) is 3.16. The lowest BCUT2D eigenvalue weighted by Gasteiger charge is -2.22. The Bertz CT molecular complexity index is 775. The lowest BCUT2D eigenvalue weighted by molar-refractivity contribution is -0.123. The quantitative estimate of drug-likeness (QED) is 0.701. The van der Waals surface area contributed by atoms with E-state index in [9.17, 15) is 4.79 Å². The summed E-state index contributed by atoms with van der Waals surface area (Å²) < 4.78 is 0. The molecular formula is C19H18N2OS2. The summed E-state index contributed by atoms with van der Waals surface area (Å²) in [5.41, 5.74) is 0.896. The molecule has 1 aliphatic heterocycles. The van der Waals surface area contributed by atoms with Crippen molar-refractivity contribution in [1.82, 2.24) is 4.90 Å². The smallest absolute Gasteiger partial charge is 0.267 e. The fraction of sp³-hybridized carbons (Fsp3) is 0.263. The third-order valence-electron chi connectivity index (χ3n) is 4.32. The van der Waals surface area contributed by atoms with Crippen LogP contribution in [0.25, 0.3) is 6.08 Å². The Kier molecular flexibility index (Phi) is 4.54. The second-order valence-corrected chi connectivity index (χ2v) is 7.96. The lowest BCUT2D eigenvalue weighted by atomic mass is 10.2. The van der Waals surface area contributed by atoms with E-state index in [0.29, 0.717) is 6.04 Å². The molecule has 0 N–H and O–H groups in total. The summed E-state index contributed by atoms with van der Waals surface area (Å²) in [6, 6.07) is 14.2. The molecule has 1 aliphatic carbocycles. The van der Waals surface area contributed by atoms with Gasteiger partial charge in [0.05, 0.1) is 10.6 Å². The molecule has 1 amide bonds. The fourth-order valence-corrected chi connectivity index (χ4v) is 4.95. The minimum absolute atomic E-state index is 0.106. The maximum atomic E-state index is 13.0. The molecule has 1 aromatic heterocycles. The Morgan fingerprint density at radius 3 is 2.58 bits per heavy atom. The number of thiophene rings is 1. The van der Waals surface area contributed by atoms with Gasteiger partial charge in [0.2, 0.25) is 0 Å². The molecule has 0 radical (unpaired) electrons. The molecule has 4 rings (SSSR count). The average molecular weight is 355 g/mol. The van der Waals surface area contributed by atoms with Crippen LogP contribution in [0.5, 0.6) is 0 Å². The maximum Gasteiger partial charge on any atom is 0.267 e. The van der Waals surface area contributed by atoms with Crippen LogP contribution in [0.3, 0.4) is 0 Å². The highest BCUT2D eigenvalue weighted by molar-refractivity contribution is 8.18. The predicted molar refractivity (Wildman–Crippen MR) is 103 cm³/mol. The zero-order chi connectivity index (χ0) is 16.4. The molecule has 3 nitrogen and oxygen atoms in total. The van der Waals surface area contributed by atoms with E-state index in [0.717, 1.165) is 33.5 Å². The van der Waals surface area contributed by atoms with Crippen LogP contribution in [0.4, 0.5) is 5.69 Å². The van der Waals surface area contributed by atoms with Crippen molar-refractivity contribution in [2.75, 3.05) is 0 Å². The average Bonchev–Trinajstić information content (AvgIpc) is 3.32. The summed E-state index contributed by atoms with van der Waals surface area (Å²) in [5.74, 6) is 0.106. The van der Waals surface area contributed by atoms with Crippen LogP contribution in [0.15, 0.2) is 57.7 Å². The highest BCUT2D eigenvalue weighted by atomic mass is 32.2. The Hall–Kier alpha value is -1.85. The first-order chi connectivity index (χ1) is 11.8. The number of para-hydroxylation sites is 1. The normalized spacial score (nSPS) is 22.2. The number of hydrogen-bond acceptors (Lipinski definition) is 4. The van der Waals surface area contributed by atoms with Crippen molar-refractivity contribution < 1.29 is 4.79 Å². The highest BCUT2D eigenvalue weighted by Crippen LogP contribution is 2.39. The SMILES string of the molecule is O=C1/C(=C\c2cccs2)SC(=Nc2ccccc2)N1C1CCCC1. The Balaban J connectivity index is 1.70. The van der Waals surface area contributed by atoms with Crippen molar-refractivity contribution in [3.05, 3.63) is 57.6 Å². The number of carbonyl (C=O) groups excluding carboxylic acids is 1. The second-order valence-electron chi connectivity index (χ2n) is 5.97. The van der Waals surface area contributed by atoms with Crippen molar-refractivity contribution in [2.24, 2.45) is 4.99 Å². The number of hydrogen-bond donors (Lipinski definition) is 0. The van der Waals surface area contributed by atoms with Gasteiger partial charge in [-0.25, -0.2) is 4.99 Å². The molecule has 24 heavy (non-hydrogen) atoms. The van der Waals surface area contributed by atoms with E-state index in [1.807, 2.05) is 58.8 Å². The van der Waals surface area contributed by atoms with E-state index in [1.165, 1.54) is 24.6 Å². The van der Waals surface area contributed by atoms with Crippen LogP contribution in [0.2, 0.25) is 0 Å². The molecule has 0 unspecified atom stereocenters. The van der Waals surface area contributed by atoms with Crippen LogP contribution in [0.1, 0.15) is 30.6 Å². The number of rotatable bonds is 3. The summed E-state index contributed by atoms with van der Waals surface area (Å²) in [4.78, 5) is 21.6. The first-order valence-corrected chi connectivity index (χ1v) is 9.91. The Morgan fingerprint density at radius 1 is 1.08 bits per heavy atom. The summed E-state index contributed by atoms with van der Waals surface area (Å²) in [6.07, 6.45) is 6.54. The van der Waals surface area contributed by atoms with Crippen LogP contribution < -0.4 is 0 Å². The standard InChI is InChI=1S/C19H18N2OS2/c22-18-17(13-16-11-6-12-23-16)24-19(20-14-7-2-1-3-8-14)21(18)15-9-4-5-10-15/h1-3,6-8,11-13,15H,4-5,9-10H2/b17-13+,20-19?. The van der Waals surface area contributed by atoms with Gasteiger partial charge in [0.25, 0.3) is 5.91 Å². The van der Waals surface area contributed by atoms with Crippen molar-refractivity contribution in [3.8, 4) is 0 Å². The van der Waals surface area contributed by atoms with Gasteiger partial charge in [-0.1, -0.05) is 37.1 Å². The summed E-state index contributed by atoms with van der Waals surface area (Å²) >= 11 is 3.15. The molecule has 2 aromatic rings. The molecule has 1 aromatic carbocycles. The van der Waals surface area contributed by atoms with Crippen LogP contribution in [-0.4, -0.2) is 22.0 Å². The van der Waals surface area contributed by atoms with Crippen LogP contribution in [0, 0.1) is 0 Å². The molecule has 5 heteroatoms. The van der Waals surface area contributed by atoms with Gasteiger partial charge in [0.15, 0.2) is 5.17 Å². The van der Waals surface area contributed by atoms with Crippen molar-refractivity contribution in [1.29, 1.82) is 0 Å². The summed E-state index contributed by atoms with van der Waals surface area (Å²) in [6.45, 7) is 0. The first-order valence-electron chi connectivity index (χ1n) is 8.21. The van der Waals surface area contributed by atoms with E-state index in [2.05, 4.69) is 0 Å². The topological polar surface area (TPSA) is 32.7 Å². The predicted octanol–water partition coefficient (Wildman–Crippen LogP) is 5.29. The van der Waals surface area contributed by atoms with Gasteiger partial charge in [0.1, 0.15) is 0 Å². The van der Waals surface area contributed by atoms with E-state index in [4.69, 9.17) is 4.99 Å². The van der Waals surface area contributed by atoms with Crippen molar-refractivity contribution >= 4 is 45.9 Å². The van der Waals surface area contributed by atoms with E-state index < -0.39 is 0 Å². The summed E-state index contributed by atoms with van der Waals surface area (Å²) in [7, 11) is 0. The maximum absolute atomic E-state index is 13.0. The third-order valence-corrected chi connectivity index (χ3v) is 6.13. The van der Waals surface area contributed by atoms with Gasteiger partial charge in [-0.05, 0) is 54.3 Å². The minimum atomic E-state index is 0.106. The molecule has 1 saturated heterocycles. The monoisotopic (exact) mass is 354 g/mol. The number of benzene rings is 1. The minimum Gasteiger partial charge on any atom is -0.283 e.